The van der Waals surface area contributed by atoms with Crippen molar-refractivity contribution in [2.75, 3.05) is 31.1 Å². The minimum atomic E-state index is -0.225. The van der Waals surface area contributed by atoms with Crippen LogP contribution in [0, 0.1) is 0 Å². The number of carbonyl (C=O) groups is 1. The number of carbonyl (C=O) groups excluding carboxylic acids is 1. The van der Waals surface area contributed by atoms with Crippen LogP contribution in [0.4, 0.5) is 0 Å². The molecule has 0 saturated carbocycles. The summed E-state index contributed by atoms with van der Waals surface area (Å²) in [5.41, 5.74) is 5.55. The average Bonchev–Trinajstić information content (AvgIpc) is 2.62. The molecule has 2 fully saturated rings. The molecule has 0 radical (unpaired) electrons. The molecule has 16 heavy (non-hydrogen) atoms. The molecular weight excluding hydrogens is 224 g/mol. The maximum atomic E-state index is 12.2. The van der Waals surface area contributed by atoms with Crippen LogP contribution in [0.15, 0.2) is 0 Å². The number of thioether (sulfide) groups is 1. The molecule has 1 amide bonds. The van der Waals surface area contributed by atoms with E-state index in [1.165, 1.54) is 5.75 Å². The van der Waals surface area contributed by atoms with Gasteiger partial charge in [0.25, 0.3) is 5.91 Å². The maximum Gasteiger partial charge on any atom is 0.251 e. The van der Waals surface area contributed by atoms with E-state index in [1.54, 1.807) is 0 Å². The summed E-state index contributed by atoms with van der Waals surface area (Å²) in [7, 11) is 0. The molecule has 2 atom stereocenters. The van der Waals surface area contributed by atoms with Gasteiger partial charge in [-0.2, -0.15) is 11.8 Å². The summed E-state index contributed by atoms with van der Waals surface area (Å²) in [5, 5.41) is 0. The molecule has 2 rings (SSSR count). The molecule has 2 N–H and O–H groups in total. The summed E-state index contributed by atoms with van der Waals surface area (Å²) in [4.78, 5) is 14.1. The Morgan fingerprint density at radius 1 is 1.38 bits per heavy atom. The fourth-order valence-corrected chi connectivity index (χ4v) is 3.12. The second-order valence-electron chi connectivity index (χ2n) is 4.35. The van der Waals surface area contributed by atoms with Crippen molar-refractivity contribution in [3.8, 4) is 0 Å². The van der Waals surface area contributed by atoms with Crippen LogP contribution in [0.25, 0.3) is 0 Å². The highest BCUT2D eigenvalue weighted by Crippen LogP contribution is 2.22. The topological polar surface area (TPSA) is 55.6 Å². The van der Waals surface area contributed by atoms with Gasteiger partial charge in [0, 0.05) is 25.4 Å². The molecule has 5 heteroatoms. The summed E-state index contributed by atoms with van der Waals surface area (Å²) < 4.78 is 5.64. The molecular formula is C11H20N2O2S. The first-order valence-corrected chi connectivity index (χ1v) is 7.19. The van der Waals surface area contributed by atoms with Gasteiger partial charge >= 0.3 is 0 Å². The predicted molar refractivity (Wildman–Crippen MR) is 65.5 cm³/mol. The van der Waals surface area contributed by atoms with Crippen LogP contribution in [0.3, 0.4) is 0 Å². The Balaban J connectivity index is 1.86. The lowest BCUT2D eigenvalue weighted by atomic mass is 10.2. The number of hydrogen-bond acceptors (Lipinski definition) is 4. The molecule has 92 valence electrons. The number of amides is 1. The van der Waals surface area contributed by atoms with E-state index in [0.29, 0.717) is 6.54 Å². The number of hydrogen-bond donors (Lipinski definition) is 1. The Kier molecular flexibility index (Phi) is 4.49. The van der Waals surface area contributed by atoms with Crippen LogP contribution in [-0.2, 0) is 9.53 Å². The first-order valence-electron chi connectivity index (χ1n) is 6.03. The molecule has 2 aliphatic rings. The second kappa shape index (κ2) is 5.89. The number of ether oxygens (including phenoxy) is 1. The van der Waals surface area contributed by atoms with Crippen molar-refractivity contribution in [1.29, 1.82) is 0 Å². The van der Waals surface area contributed by atoms with Crippen molar-refractivity contribution in [2.24, 2.45) is 5.73 Å². The van der Waals surface area contributed by atoms with Gasteiger partial charge in [0.15, 0.2) is 0 Å². The Morgan fingerprint density at radius 2 is 2.25 bits per heavy atom. The van der Waals surface area contributed by atoms with Gasteiger partial charge < -0.3 is 15.4 Å². The van der Waals surface area contributed by atoms with E-state index in [0.717, 1.165) is 38.1 Å². The van der Waals surface area contributed by atoms with Gasteiger partial charge in [-0.25, -0.2) is 0 Å². The van der Waals surface area contributed by atoms with Crippen LogP contribution in [0.5, 0.6) is 0 Å². The van der Waals surface area contributed by atoms with Gasteiger partial charge in [-0.3, -0.25) is 4.79 Å². The molecule has 2 saturated heterocycles. The average molecular weight is 244 g/mol. The number of nitrogens with two attached hydrogens (primary N) is 1. The summed E-state index contributed by atoms with van der Waals surface area (Å²) in [6.07, 6.45) is 2.73. The number of nitrogens with zero attached hydrogens (tertiary/aromatic N) is 1. The summed E-state index contributed by atoms with van der Waals surface area (Å²) in [5.74, 6) is 2.40. The maximum absolute atomic E-state index is 12.2. The Bertz CT molecular complexity index is 242. The standard InChI is InChI=1S/C11H20N2O2S/c12-8-9-2-3-10(15-9)11(14)13-4-1-6-16-7-5-13/h9-10H,1-8,12H2. The molecule has 0 spiro atoms. The van der Waals surface area contributed by atoms with E-state index in [1.807, 2.05) is 16.7 Å². The Hall–Kier alpha value is -0.260. The highest BCUT2D eigenvalue weighted by molar-refractivity contribution is 7.99. The van der Waals surface area contributed by atoms with E-state index in [-0.39, 0.29) is 18.1 Å². The summed E-state index contributed by atoms with van der Waals surface area (Å²) in [6, 6.07) is 0. The Labute approximate surface area is 101 Å². The third-order valence-corrected chi connectivity index (χ3v) is 4.23. The van der Waals surface area contributed by atoms with Gasteiger partial charge in [0.2, 0.25) is 0 Å². The van der Waals surface area contributed by atoms with E-state index in [4.69, 9.17) is 10.5 Å². The lowest BCUT2D eigenvalue weighted by molar-refractivity contribution is -0.142. The van der Waals surface area contributed by atoms with Crippen LogP contribution < -0.4 is 5.73 Å². The zero-order valence-corrected chi connectivity index (χ0v) is 10.4. The van der Waals surface area contributed by atoms with Gasteiger partial charge in [-0.1, -0.05) is 0 Å². The SMILES string of the molecule is NCC1CCC(C(=O)N2CCCSCC2)O1. The van der Waals surface area contributed by atoms with Crippen LogP contribution >= 0.6 is 11.8 Å². The highest BCUT2D eigenvalue weighted by atomic mass is 32.2. The fourth-order valence-electron chi connectivity index (χ4n) is 2.23. The van der Waals surface area contributed by atoms with Gasteiger partial charge in [-0.15, -0.1) is 0 Å². The largest absolute Gasteiger partial charge is 0.364 e. The van der Waals surface area contributed by atoms with Crippen LogP contribution in [0.1, 0.15) is 19.3 Å². The molecule has 0 aromatic carbocycles. The molecule has 2 heterocycles. The predicted octanol–water partition coefficient (Wildman–Crippen LogP) is 0.458. The minimum absolute atomic E-state index is 0.0929. The van der Waals surface area contributed by atoms with Crippen LogP contribution in [-0.4, -0.2) is 54.2 Å². The summed E-state index contributed by atoms with van der Waals surface area (Å²) in [6.45, 7) is 2.29. The third kappa shape index (κ3) is 2.90. The molecule has 4 nitrogen and oxygen atoms in total. The summed E-state index contributed by atoms with van der Waals surface area (Å²) >= 11 is 1.93. The van der Waals surface area contributed by atoms with Crippen molar-refractivity contribution in [3.05, 3.63) is 0 Å². The molecule has 0 bridgehead atoms. The van der Waals surface area contributed by atoms with Crippen molar-refractivity contribution in [2.45, 2.75) is 31.5 Å². The second-order valence-corrected chi connectivity index (χ2v) is 5.58. The molecule has 0 aliphatic carbocycles. The minimum Gasteiger partial charge on any atom is -0.364 e. The van der Waals surface area contributed by atoms with Gasteiger partial charge in [0.05, 0.1) is 6.10 Å². The Morgan fingerprint density at radius 3 is 3.00 bits per heavy atom. The monoisotopic (exact) mass is 244 g/mol. The van der Waals surface area contributed by atoms with Crippen molar-refractivity contribution in [3.63, 3.8) is 0 Å². The lowest BCUT2D eigenvalue weighted by Crippen LogP contribution is -2.40. The molecule has 2 unspecified atom stereocenters. The van der Waals surface area contributed by atoms with Crippen molar-refractivity contribution < 1.29 is 9.53 Å². The normalized spacial score (nSPS) is 31.4. The van der Waals surface area contributed by atoms with Crippen molar-refractivity contribution in [1.82, 2.24) is 4.90 Å². The molecule has 0 aromatic heterocycles. The van der Waals surface area contributed by atoms with E-state index >= 15 is 0 Å². The zero-order valence-electron chi connectivity index (χ0n) is 9.56. The highest BCUT2D eigenvalue weighted by Gasteiger charge is 2.32. The fraction of sp³-hybridized carbons (Fsp3) is 0.909. The molecule has 2 aliphatic heterocycles. The molecule has 0 aromatic rings. The van der Waals surface area contributed by atoms with Gasteiger partial charge in [-0.05, 0) is 25.0 Å². The lowest BCUT2D eigenvalue weighted by Gasteiger charge is -2.23. The quantitative estimate of drug-likeness (QED) is 0.766. The third-order valence-electron chi connectivity index (χ3n) is 3.18. The van der Waals surface area contributed by atoms with Crippen molar-refractivity contribution >= 4 is 17.7 Å². The first-order chi connectivity index (χ1) is 7.81. The zero-order chi connectivity index (χ0) is 11.4. The number of rotatable bonds is 2. The van der Waals surface area contributed by atoms with E-state index in [2.05, 4.69) is 0 Å². The van der Waals surface area contributed by atoms with E-state index < -0.39 is 0 Å². The van der Waals surface area contributed by atoms with Crippen LogP contribution in [0.2, 0.25) is 0 Å². The van der Waals surface area contributed by atoms with Gasteiger partial charge in [0.1, 0.15) is 6.10 Å². The smallest absolute Gasteiger partial charge is 0.251 e. The first kappa shape index (κ1) is 12.2. The van der Waals surface area contributed by atoms with E-state index in [9.17, 15) is 4.79 Å².